The summed E-state index contributed by atoms with van der Waals surface area (Å²) in [7, 11) is 1.47. The van der Waals surface area contributed by atoms with E-state index in [1.807, 2.05) is 0 Å². The van der Waals surface area contributed by atoms with E-state index < -0.39 is 53.9 Å². The van der Waals surface area contributed by atoms with Gasteiger partial charge >= 0.3 is 18.3 Å². The van der Waals surface area contributed by atoms with Gasteiger partial charge in [0.25, 0.3) is 5.91 Å². The maximum atomic E-state index is 13.7. The average Bonchev–Trinajstić information content (AvgIpc) is 3.57. The summed E-state index contributed by atoms with van der Waals surface area (Å²) >= 11 is 5.81. The Labute approximate surface area is 226 Å². The number of hydrogen-bond acceptors (Lipinski definition) is 5. The average molecular weight is 565 g/mol. The van der Waals surface area contributed by atoms with Crippen LogP contribution in [0.2, 0.25) is 5.02 Å². The quantitative estimate of drug-likeness (QED) is 0.565. The van der Waals surface area contributed by atoms with E-state index in [0.717, 1.165) is 11.0 Å². The molecule has 0 unspecified atom stereocenters. The topological polar surface area (TPSA) is 108 Å². The summed E-state index contributed by atoms with van der Waals surface area (Å²) in [6, 6.07) is 6.99. The van der Waals surface area contributed by atoms with Crippen LogP contribution in [0.15, 0.2) is 36.4 Å². The van der Waals surface area contributed by atoms with Gasteiger partial charge in [-0.15, -0.1) is 0 Å². The Morgan fingerprint density at radius 2 is 1.95 bits per heavy atom. The molecule has 2 heterocycles. The van der Waals surface area contributed by atoms with Crippen molar-refractivity contribution in [2.75, 3.05) is 25.5 Å². The normalized spacial score (nSPS) is 22.3. The Kier molecular flexibility index (Phi) is 6.69. The molecule has 2 aliphatic heterocycles. The smallest absolute Gasteiger partial charge is 0.418 e. The first-order chi connectivity index (χ1) is 18.4. The molecule has 39 heavy (non-hydrogen) atoms. The minimum atomic E-state index is -4.68. The van der Waals surface area contributed by atoms with Gasteiger partial charge in [-0.25, -0.2) is 14.5 Å². The number of halogens is 4. The van der Waals surface area contributed by atoms with Crippen molar-refractivity contribution in [2.45, 2.75) is 43.5 Å². The van der Waals surface area contributed by atoms with E-state index in [0.29, 0.717) is 36.1 Å². The Bertz CT molecular complexity index is 1380. The molecule has 9 nitrogen and oxygen atoms in total. The number of amides is 5. The molecule has 2 aromatic carbocycles. The molecular weight excluding hydrogens is 541 g/mol. The van der Waals surface area contributed by atoms with E-state index in [2.05, 4.69) is 10.6 Å². The molecule has 0 radical (unpaired) electrons. The van der Waals surface area contributed by atoms with E-state index in [-0.39, 0.29) is 23.6 Å². The monoisotopic (exact) mass is 564 g/mol. The van der Waals surface area contributed by atoms with Gasteiger partial charge in [0.15, 0.2) is 0 Å². The number of likely N-dealkylation sites (tertiary alicyclic amines) is 1. The van der Waals surface area contributed by atoms with Gasteiger partial charge in [-0.1, -0.05) is 23.7 Å². The van der Waals surface area contributed by atoms with Crippen molar-refractivity contribution in [3.8, 4) is 0 Å². The number of alkyl halides is 3. The molecule has 2 aromatic rings. The molecular formula is C26H24ClF3N4O5. The summed E-state index contributed by atoms with van der Waals surface area (Å²) < 4.78 is 46.8. The predicted molar refractivity (Wildman–Crippen MR) is 133 cm³/mol. The molecule has 0 saturated carbocycles. The second-order valence-electron chi connectivity index (χ2n) is 9.64. The summed E-state index contributed by atoms with van der Waals surface area (Å²) in [4.78, 5) is 53.2. The van der Waals surface area contributed by atoms with Gasteiger partial charge in [-0.2, -0.15) is 13.2 Å². The highest BCUT2D eigenvalue weighted by Crippen LogP contribution is 2.46. The molecule has 1 aliphatic carbocycles. The first-order valence-electron chi connectivity index (χ1n) is 12.3. The van der Waals surface area contributed by atoms with Gasteiger partial charge < -0.3 is 20.3 Å². The standard InChI is InChI=1S/C26H24ClF3N4O5/c1-31-23(37)32-16-5-7-18-14(11-16)8-9-25(18)22(36)34(24(38)39-25)13-21(35)33-10-2-3-20(33)17-6-4-15(27)12-19(17)26(28,29)30/h4-7,11-12,20H,2-3,8-10,13H2,1H3,(H2,31,32,37)/t20-,25-/m1/s1. The summed E-state index contributed by atoms with van der Waals surface area (Å²) in [5.41, 5.74) is -0.941. The fourth-order valence-electron chi connectivity index (χ4n) is 5.60. The Hall–Kier alpha value is -3.80. The molecule has 13 heteroatoms. The van der Waals surface area contributed by atoms with Crippen molar-refractivity contribution >= 4 is 41.2 Å². The zero-order valence-corrected chi connectivity index (χ0v) is 21.5. The molecule has 2 N–H and O–H groups in total. The van der Waals surface area contributed by atoms with Crippen LogP contribution in [0.5, 0.6) is 0 Å². The first kappa shape index (κ1) is 26.8. The number of nitrogens with zero attached hydrogens (tertiary/aromatic N) is 2. The first-order valence-corrected chi connectivity index (χ1v) is 12.7. The number of rotatable bonds is 4. The van der Waals surface area contributed by atoms with Crippen molar-refractivity contribution in [1.29, 1.82) is 0 Å². The van der Waals surface area contributed by atoms with Gasteiger partial charge in [-0.3, -0.25) is 9.59 Å². The molecule has 5 rings (SSSR count). The van der Waals surface area contributed by atoms with Crippen molar-refractivity contribution < 1.29 is 37.1 Å². The number of benzene rings is 2. The molecule has 2 atom stereocenters. The summed E-state index contributed by atoms with van der Waals surface area (Å²) in [6.07, 6.45) is -4.37. The van der Waals surface area contributed by atoms with Crippen LogP contribution >= 0.6 is 11.6 Å². The SMILES string of the molecule is CNC(=O)Nc1ccc2c(c1)CC[C@@]21OC(=O)N(CC(=O)N2CCC[C@@H]2c2ccc(Cl)cc2C(F)(F)F)C1=O. The van der Waals surface area contributed by atoms with Crippen LogP contribution in [0.3, 0.4) is 0 Å². The zero-order chi connectivity index (χ0) is 28.1. The molecule has 1 spiro atoms. The summed E-state index contributed by atoms with van der Waals surface area (Å²) in [5.74, 6) is -1.36. The van der Waals surface area contributed by atoms with E-state index >= 15 is 0 Å². The summed E-state index contributed by atoms with van der Waals surface area (Å²) in [6.45, 7) is -0.480. The minimum absolute atomic E-state index is 0.0777. The predicted octanol–water partition coefficient (Wildman–Crippen LogP) is 4.59. The lowest BCUT2D eigenvalue weighted by molar-refractivity contribution is -0.143. The molecule has 2 saturated heterocycles. The Morgan fingerprint density at radius 3 is 2.67 bits per heavy atom. The van der Waals surface area contributed by atoms with Gasteiger partial charge in [-0.05, 0) is 54.7 Å². The maximum absolute atomic E-state index is 13.7. The van der Waals surface area contributed by atoms with Crippen LogP contribution in [-0.4, -0.2) is 53.9 Å². The second-order valence-corrected chi connectivity index (χ2v) is 10.1. The van der Waals surface area contributed by atoms with Crippen LogP contribution < -0.4 is 10.6 Å². The molecule has 3 aliphatic rings. The van der Waals surface area contributed by atoms with Crippen LogP contribution in [0.25, 0.3) is 0 Å². The van der Waals surface area contributed by atoms with E-state index in [4.69, 9.17) is 16.3 Å². The number of hydrogen-bond donors (Lipinski definition) is 2. The van der Waals surface area contributed by atoms with Crippen LogP contribution in [0, 0.1) is 0 Å². The second kappa shape index (κ2) is 9.74. The number of imide groups is 1. The Morgan fingerprint density at radius 1 is 1.18 bits per heavy atom. The molecule has 206 valence electrons. The van der Waals surface area contributed by atoms with Gasteiger partial charge in [0.2, 0.25) is 11.5 Å². The van der Waals surface area contributed by atoms with Crippen molar-refractivity contribution in [3.05, 3.63) is 63.7 Å². The van der Waals surface area contributed by atoms with Crippen LogP contribution in [-0.2, 0) is 32.5 Å². The van der Waals surface area contributed by atoms with Crippen LogP contribution in [0.4, 0.5) is 28.4 Å². The number of carbonyl (C=O) groups is 4. The number of fused-ring (bicyclic) bond motifs is 2. The van der Waals surface area contributed by atoms with Gasteiger partial charge in [0, 0.05) is 36.3 Å². The maximum Gasteiger partial charge on any atom is 0.418 e. The van der Waals surface area contributed by atoms with Crippen LogP contribution in [0.1, 0.15) is 47.6 Å². The molecule has 0 bridgehead atoms. The van der Waals surface area contributed by atoms with Crippen molar-refractivity contribution in [1.82, 2.24) is 15.1 Å². The van der Waals surface area contributed by atoms with Crippen molar-refractivity contribution in [2.24, 2.45) is 0 Å². The third-order valence-corrected chi connectivity index (χ3v) is 7.63. The van der Waals surface area contributed by atoms with Gasteiger partial charge in [0.1, 0.15) is 6.54 Å². The van der Waals surface area contributed by atoms with E-state index in [1.165, 1.54) is 24.1 Å². The molecule has 0 aromatic heterocycles. The largest absolute Gasteiger partial charge is 0.427 e. The van der Waals surface area contributed by atoms with Gasteiger partial charge in [0.05, 0.1) is 11.6 Å². The minimum Gasteiger partial charge on any atom is -0.427 e. The lowest BCUT2D eigenvalue weighted by Gasteiger charge is -2.28. The fourth-order valence-corrected chi connectivity index (χ4v) is 5.78. The molecule has 2 fully saturated rings. The number of ether oxygens (including phenoxy) is 1. The third-order valence-electron chi connectivity index (χ3n) is 7.39. The number of carbonyl (C=O) groups excluding carboxylic acids is 4. The number of nitrogens with one attached hydrogen (secondary N) is 2. The number of aryl methyl sites for hydroxylation is 1. The van der Waals surface area contributed by atoms with Crippen molar-refractivity contribution in [3.63, 3.8) is 0 Å². The third kappa shape index (κ3) is 4.66. The fraction of sp³-hybridized carbons (Fsp3) is 0.385. The molecule has 5 amide bonds. The highest BCUT2D eigenvalue weighted by molar-refractivity contribution is 6.30. The van der Waals surface area contributed by atoms with E-state index in [9.17, 15) is 32.3 Å². The van der Waals surface area contributed by atoms with E-state index in [1.54, 1.807) is 18.2 Å². The summed E-state index contributed by atoms with van der Waals surface area (Å²) in [5, 5.41) is 5.00. The lowest BCUT2D eigenvalue weighted by atomic mass is 9.94. The lowest BCUT2D eigenvalue weighted by Crippen LogP contribution is -2.44. The zero-order valence-electron chi connectivity index (χ0n) is 20.7. The highest BCUT2D eigenvalue weighted by atomic mass is 35.5. The number of urea groups is 1. The number of anilines is 1. The highest BCUT2D eigenvalue weighted by Gasteiger charge is 2.58. The Balaban J connectivity index is 1.36.